The third-order valence-corrected chi connectivity index (χ3v) is 5.89. The summed E-state index contributed by atoms with van der Waals surface area (Å²) in [4.78, 5) is 17.2. The molecule has 2 aromatic heterocycles. The molecule has 0 aliphatic heterocycles. The zero-order valence-corrected chi connectivity index (χ0v) is 15.8. The fourth-order valence-corrected chi connectivity index (χ4v) is 4.08. The van der Waals surface area contributed by atoms with Crippen LogP contribution in [-0.4, -0.2) is 38.4 Å². The van der Waals surface area contributed by atoms with Gasteiger partial charge in [-0.05, 0) is 30.6 Å². The summed E-state index contributed by atoms with van der Waals surface area (Å²) in [5.74, 6) is 1.04. The van der Waals surface area contributed by atoms with Gasteiger partial charge in [0, 0.05) is 11.5 Å². The van der Waals surface area contributed by atoms with Crippen molar-refractivity contribution in [2.75, 3.05) is 6.61 Å². The van der Waals surface area contributed by atoms with Gasteiger partial charge in [-0.25, -0.2) is 9.67 Å². The van der Waals surface area contributed by atoms with Crippen LogP contribution >= 0.6 is 0 Å². The Hall–Kier alpha value is -2.48. The summed E-state index contributed by atoms with van der Waals surface area (Å²) in [7, 11) is 0. The smallest absolute Gasteiger partial charge is 0.272 e. The van der Waals surface area contributed by atoms with E-state index in [1.54, 1.807) is 4.68 Å². The maximum absolute atomic E-state index is 13.0. The third-order valence-electron chi connectivity index (χ3n) is 5.89. The van der Waals surface area contributed by atoms with Crippen LogP contribution in [-0.2, 0) is 6.42 Å². The van der Waals surface area contributed by atoms with Gasteiger partial charge in [0.2, 0.25) is 12.0 Å². The minimum absolute atomic E-state index is 0.139. The summed E-state index contributed by atoms with van der Waals surface area (Å²) < 4.78 is 2.35. The van der Waals surface area contributed by atoms with Crippen LogP contribution < -0.4 is 10.0 Å². The second-order valence-corrected chi connectivity index (χ2v) is 8.62. The second kappa shape index (κ2) is 6.30. The van der Waals surface area contributed by atoms with Gasteiger partial charge in [0.05, 0.1) is 24.5 Å². The topological polar surface area (TPSA) is 107 Å². The molecule has 2 N–H and O–H groups in total. The maximum atomic E-state index is 13.0. The van der Waals surface area contributed by atoms with Gasteiger partial charge in [-0.2, -0.15) is 9.83 Å². The zero-order chi connectivity index (χ0) is 19.3. The number of aliphatic hydroxyl groups excluding tert-OH is 1. The lowest BCUT2D eigenvalue weighted by molar-refractivity contribution is -0.605. The molecule has 144 valence electrons. The Morgan fingerprint density at radius 3 is 2.85 bits per heavy atom. The molecule has 1 fully saturated rings. The summed E-state index contributed by atoms with van der Waals surface area (Å²) in [6.45, 7) is 5.77. The van der Waals surface area contributed by atoms with Crippen molar-refractivity contribution in [1.29, 1.82) is 0 Å². The lowest BCUT2D eigenvalue weighted by Gasteiger charge is -2.31. The van der Waals surface area contributed by atoms with E-state index in [0.717, 1.165) is 30.5 Å². The van der Waals surface area contributed by atoms with Crippen molar-refractivity contribution in [3.63, 3.8) is 0 Å². The molecule has 0 radical (unpaired) electrons. The Bertz CT molecular complexity index is 886. The standard InChI is InChI=1S/C19H25N5O3/c1-19(2,3)14(10-25)21-18(26)16-13-8-11-4-5-12(11)17(13)24(22-16)15-9-23(27)7-6-20-15/h6-7,9,11-12,14,25H,4-5,8,10H2,1-3H3,(H,21,26)/t11-,12-,14-/m1/s1. The maximum Gasteiger partial charge on any atom is 0.272 e. The van der Waals surface area contributed by atoms with Gasteiger partial charge in [0.1, 0.15) is 0 Å². The minimum atomic E-state index is -0.373. The highest BCUT2D eigenvalue weighted by Crippen LogP contribution is 2.52. The number of nitrogens with zero attached hydrogens (tertiary/aromatic N) is 4. The van der Waals surface area contributed by atoms with Crippen molar-refractivity contribution in [1.82, 2.24) is 20.1 Å². The van der Waals surface area contributed by atoms with E-state index in [-0.39, 0.29) is 24.0 Å². The molecule has 8 heteroatoms. The summed E-state index contributed by atoms with van der Waals surface area (Å²) in [5.41, 5.74) is 2.06. The normalized spacial score (nSPS) is 21.9. The highest BCUT2D eigenvalue weighted by Gasteiger charge is 2.45. The molecule has 1 saturated carbocycles. The first-order valence-corrected chi connectivity index (χ1v) is 9.38. The molecule has 2 heterocycles. The Morgan fingerprint density at radius 2 is 2.26 bits per heavy atom. The van der Waals surface area contributed by atoms with Gasteiger partial charge >= 0.3 is 0 Å². The van der Waals surface area contributed by atoms with E-state index in [9.17, 15) is 15.1 Å². The van der Waals surface area contributed by atoms with E-state index in [1.807, 2.05) is 20.8 Å². The van der Waals surface area contributed by atoms with E-state index in [0.29, 0.717) is 28.1 Å². The number of hydrogen-bond donors (Lipinski definition) is 2. The molecular formula is C19H25N5O3. The molecule has 4 rings (SSSR count). The van der Waals surface area contributed by atoms with E-state index < -0.39 is 0 Å². The van der Waals surface area contributed by atoms with Crippen molar-refractivity contribution < 1.29 is 14.6 Å². The van der Waals surface area contributed by atoms with Crippen molar-refractivity contribution in [2.45, 2.75) is 52.0 Å². The number of hydrogen-bond acceptors (Lipinski definition) is 5. The monoisotopic (exact) mass is 371 g/mol. The first-order chi connectivity index (χ1) is 12.8. The van der Waals surface area contributed by atoms with Crippen LogP contribution in [0.2, 0.25) is 0 Å². The van der Waals surface area contributed by atoms with Crippen molar-refractivity contribution in [2.24, 2.45) is 11.3 Å². The van der Waals surface area contributed by atoms with E-state index >= 15 is 0 Å². The first kappa shape index (κ1) is 17.9. The molecule has 0 unspecified atom stereocenters. The lowest BCUT2D eigenvalue weighted by atomic mass is 9.75. The van der Waals surface area contributed by atoms with Crippen molar-refractivity contribution >= 4 is 5.91 Å². The van der Waals surface area contributed by atoms with Crippen LogP contribution in [0.5, 0.6) is 0 Å². The predicted octanol–water partition coefficient (Wildman–Crippen LogP) is 1.09. The molecule has 0 spiro atoms. The number of rotatable bonds is 4. The molecule has 1 amide bonds. The molecule has 2 aliphatic rings. The summed E-state index contributed by atoms with van der Waals surface area (Å²) >= 11 is 0. The molecule has 0 bridgehead atoms. The average molecular weight is 371 g/mol. The van der Waals surface area contributed by atoms with Crippen LogP contribution in [0.3, 0.4) is 0 Å². The van der Waals surface area contributed by atoms with Crippen LogP contribution in [0.25, 0.3) is 5.82 Å². The molecule has 27 heavy (non-hydrogen) atoms. The fourth-order valence-electron chi connectivity index (χ4n) is 4.08. The number of fused-ring (bicyclic) bond motifs is 3. The van der Waals surface area contributed by atoms with Crippen LogP contribution in [0.4, 0.5) is 0 Å². The van der Waals surface area contributed by atoms with E-state index in [1.165, 1.54) is 18.6 Å². The molecule has 2 aliphatic carbocycles. The fraction of sp³-hybridized carbons (Fsp3) is 0.579. The van der Waals surface area contributed by atoms with Crippen LogP contribution in [0.1, 0.15) is 61.3 Å². The third kappa shape index (κ3) is 2.97. The predicted molar refractivity (Wildman–Crippen MR) is 97.3 cm³/mol. The van der Waals surface area contributed by atoms with Gasteiger partial charge in [-0.3, -0.25) is 4.79 Å². The molecule has 0 saturated heterocycles. The molecule has 2 aromatic rings. The highest BCUT2D eigenvalue weighted by molar-refractivity contribution is 5.94. The lowest BCUT2D eigenvalue weighted by Crippen LogP contribution is -2.46. The van der Waals surface area contributed by atoms with Gasteiger partial charge in [-0.1, -0.05) is 20.8 Å². The number of carbonyl (C=O) groups excluding carboxylic acids is 1. The molecule has 0 aromatic carbocycles. The highest BCUT2D eigenvalue weighted by atomic mass is 16.5. The van der Waals surface area contributed by atoms with Gasteiger partial charge < -0.3 is 15.6 Å². The number of nitrogens with one attached hydrogen (secondary N) is 1. The number of aromatic nitrogens is 4. The minimum Gasteiger partial charge on any atom is -0.619 e. The molecule has 3 atom stereocenters. The SMILES string of the molecule is CC(C)(C)[C@@H](CO)NC(=O)c1nn(-c2c[n+]([O-])ccn2)c2c1C[C@H]1CC[C@@H]21. The summed E-state index contributed by atoms with van der Waals surface area (Å²) in [5, 5.41) is 28.8. The Balaban J connectivity index is 1.73. The average Bonchev–Trinajstić information content (AvgIpc) is 3.05. The Kier molecular flexibility index (Phi) is 4.18. The zero-order valence-electron chi connectivity index (χ0n) is 15.8. The Morgan fingerprint density at radius 1 is 1.48 bits per heavy atom. The number of amides is 1. The number of carbonyl (C=O) groups is 1. The quantitative estimate of drug-likeness (QED) is 0.618. The van der Waals surface area contributed by atoms with Crippen LogP contribution in [0.15, 0.2) is 18.6 Å². The van der Waals surface area contributed by atoms with Gasteiger partial charge in [0.15, 0.2) is 11.9 Å². The van der Waals surface area contributed by atoms with E-state index in [2.05, 4.69) is 15.4 Å². The van der Waals surface area contributed by atoms with E-state index in [4.69, 9.17) is 0 Å². The Labute approximate surface area is 157 Å². The summed E-state index contributed by atoms with van der Waals surface area (Å²) in [6, 6.07) is -0.373. The second-order valence-electron chi connectivity index (χ2n) is 8.62. The summed E-state index contributed by atoms with van der Waals surface area (Å²) in [6.07, 6.45) is 7.16. The first-order valence-electron chi connectivity index (χ1n) is 9.38. The van der Waals surface area contributed by atoms with Gasteiger partial charge in [-0.15, -0.1) is 0 Å². The van der Waals surface area contributed by atoms with Crippen LogP contribution in [0, 0.1) is 16.5 Å². The van der Waals surface area contributed by atoms with Crippen molar-refractivity contribution in [3.8, 4) is 5.82 Å². The number of aliphatic hydroxyl groups is 1. The van der Waals surface area contributed by atoms with Gasteiger partial charge in [0.25, 0.3) is 5.91 Å². The largest absolute Gasteiger partial charge is 0.619 e. The molecular weight excluding hydrogens is 346 g/mol. The molecule has 8 nitrogen and oxygen atoms in total. The van der Waals surface area contributed by atoms with Crippen molar-refractivity contribution in [3.05, 3.63) is 40.7 Å².